The second kappa shape index (κ2) is 10.7. The number of hydrogen-bond donors (Lipinski definition) is 1. The van der Waals surface area contributed by atoms with Gasteiger partial charge in [-0.2, -0.15) is 0 Å². The third kappa shape index (κ3) is 6.98. The van der Waals surface area contributed by atoms with Gasteiger partial charge in [-0.1, -0.05) is 0 Å². The minimum Gasteiger partial charge on any atom is -0.378 e. The van der Waals surface area contributed by atoms with E-state index in [2.05, 4.69) is 9.97 Å². The Morgan fingerprint density at radius 1 is 0.750 bits per heavy atom. The van der Waals surface area contributed by atoms with Gasteiger partial charge in [0.15, 0.2) is 0 Å². The Morgan fingerprint density at radius 3 is 1.47 bits per heavy atom. The monoisotopic (exact) mass is 505 g/mol. The fourth-order valence-corrected chi connectivity index (χ4v) is 4.16. The Labute approximate surface area is 191 Å². The van der Waals surface area contributed by atoms with Crippen molar-refractivity contribution in [1.82, 2.24) is 9.97 Å². The van der Waals surface area contributed by atoms with Crippen LogP contribution >= 0.6 is 10.7 Å². The summed E-state index contributed by atoms with van der Waals surface area (Å²) in [5.41, 5.74) is 0. The third-order valence-corrected chi connectivity index (χ3v) is 6.96. The maximum atomic E-state index is 11.0. The van der Waals surface area contributed by atoms with Crippen molar-refractivity contribution < 1.29 is 26.3 Å². The van der Waals surface area contributed by atoms with E-state index in [-0.39, 0.29) is 9.79 Å². The number of anilines is 2. The van der Waals surface area contributed by atoms with Gasteiger partial charge in [0.25, 0.3) is 9.05 Å². The van der Waals surface area contributed by atoms with E-state index in [0.717, 1.165) is 37.8 Å². The van der Waals surface area contributed by atoms with E-state index in [4.69, 9.17) is 25.3 Å². The highest BCUT2D eigenvalue weighted by Crippen LogP contribution is 2.18. The van der Waals surface area contributed by atoms with Crippen LogP contribution in [0.2, 0.25) is 0 Å². The van der Waals surface area contributed by atoms with E-state index in [1.807, 2.05) is 9.80 Å². The second-order valence-electron chi connectivity index (χ2n) is 6.89. The Balaban J connectivity index is 0.000000181. The first-order valence-electron chi connectivity index (χ1n) is 9.69. The van der Waals surface area contributed by atoms with Gasteiger partial charge in [0.05, 0.1) is 26.4 Å². The summed E-state index contributed by atoms with van der Waals surface area (Å²) in [6, 6.07) is 6.24. The number of nitrogens with two attached hydrogens (primary N) is 1. The molecule has 0 amide bonds. The van der Waals surface area contributed by atoms with Crippen LogP contribution in [0.15, 0.2) is 46.5 Å². The van der Waals surface area contributed by atoms with E-state index < -0.39 is 19.1 Å². The van der Waals surface area contributed by atoms with Gasteiger partial charge in [0.1, 0.15) is 21.4 Å². The predicted octanol–water partition coefficient (Wildman–Crippen LogP) is 0.411. The molecule has 11 nitrogen and oxygen atoms in total. The zero-order valence-electron chi connectivity index (χ0n) is 17.1. The highest BCUT2D eigenvalue weighted by molar-refractivity contribution is 8.13. The zero-order valence-corrected chi connectivity index (χ0v) is 19.5. The molecule has 14 heteroatoms. The number of pyridine rings is 2. The molecule has 0 bridgehead atoms. The van der Waals surface area contributed by atoms with Crippen LogP contribution < -0.4 is 14.9 Å². The molecule has 4 rings (SSSR count). The van der Waals surface area contributed by atoms with E-state index in [9.17, 15) is 16.8 Å². The van der Waals surface area contributed by atoms with E-state index >= 15 is 0 Å². The second-order valence-corrected chi connectivity index (χ2v) is 11.0. The summed E-state index contributed by atoms with van der Waals surface area (Å²) in [6.45, 7) is 5.72. The van der Waals surface area contributed by atoms with E-state index in [1.165, 1.54) is 24.5 Å². The number of ether oxygens (including phenoxy) is 2. The number of hydrogen-bond acceptors (Lipinski definition) is 10. The normalized spacial score (nSPS) is 17.4. The smallest absolute Gasteiger partial charge is 0.262 e. The molecule has 176 valence electrons. The van der Waals surface area contributed by atoms with Crippen LogP contribution in [-0.2, 0) is 28.5 Å². The summed E-state index contributed by atoms with van der Waals surface area (Å²) in [5.74, 6) is 1.49. The van der Waals surface area contributed by atoms with Gasteiger partial charge in [-0.25, -0.2) is 31.9 Å². The van der Waals surface area contributed by atoms with Gasteiger partial charge in [-0.15, -0.1) is 0 Å². The van der Waals surface area contributed by atoms with Crippen molar-refractivity contribution in [2.45, 2.75) is 9.79 Å². The summed E-state index contributed by atoms with van der Waals surface area (Å²) in [4.78, 5) is 12.3. The maximum Gasteiger partial charge on any atom is 0.262 e. The van der Waals surface area contributed by atoms with Crippen molar-refractivity contribution in [2.24, 2.45) is 5.14 Å². The SMILES string of the molecule is NS(=O)(=O)c1ccc(N2CCOCC2)nc1.O=S(=O)(Cl)c1ccc(N2CCOCC2)nc1. The third-order valence-electron chi connectivity index (χ3n) is 4.72. The van der Waals surface area contributed by atoms with Crippen molar-refractivity contribution in [3.63, 3.8) is 0 Å². The first-order valence-corrected chi connectivity index (χ1v) is 13.5. The van der Waals surface area contributed by atoms with Gasteiger partial charge in [0.2, 0.25) is 10.0 Å². The minimum atomic E-state index is -3.68. The van der Waals surface area contributed by atoms with Crippen molar-refractivity contribution in [2.75, 3.05) is 62.4 Å². The van der Waals surface area contributed by atoms with Crippen LogP contribution in [0.1, 0.15) is 0 Å². The first-order chi connectivity index (χ1) is 15.1. The molecule has 0 saturated carbocycles. The predicted molar refractivity (Wildman–Crippen MR) is 119 cm³/mol. The van der Waals surface area contributed by atoms with Crippen LogP contribution in [0.3, 0.4) is 0 Å². The molecule has 4 heterocycles. The molecule has 0 unspecified atom stereocenters. The Hall–Kier alpha value is -2.03. The summed E-state index contributed by atoms with van der Waals surface area (Å²) >= 11 is 0. The molecule has 2 aliphatic rings. The van der Waals surface area contributed by atoms with Gasteiger partial charge in [-0.3, -0.25) is 0 Å². The lowest BCUT2D eigenvalue weighted by Crippen LogP contribution is -2.36. The maximum absolute atomic E-state index is 11.0. The average Bonchev–Trinajstić information content (AvgIpc) is 2.80. The topological polar surface area (TPSA) is 145 Å². The van der Waals surface area contributed by atoms with Crippen molar-refractivity contribution in [1.29, 1.82) is 0 Å². The Kier molecular flexibility index (Phi) is 8.25. The van der Waals surface area contributed by atoms with Crippen LogP contribution in [0.25, 0.3) is 0 Å². The molecular formula is C18H24ClN5O6S2. The van der Waals surface area contributed by atoms with Crippen molar-refractivity contribution in [3.8, 4) is 0 Å². The largest absolute Gasteiger partial charge is 0.378 e. The number of primary sulfonamides is 1. The highest BCUT2D eigenvalue weighted by Gasteiger charge is 2.15. The van der Waals surface area contributed by atoms with Crippen molar-refractivity contribution in [3.05, 3.63) is 36.7 Å². The van der Waals surface area contributed by atoms with Gasteiger partial charge < -0.3 is 19.3 Å². The van der Waals surface area contributed by atoms with Gasteiger partial charge in [0, 0.05) is 49.3 Å². The van der Waals surface area contributed by atoms with Gasteiger partial charge in [-0.05, 0) is 24.3 Å². The summed E-state index contributed by atoms with van der Waals surface area (Å²) in [7, 11) is -2.14. The lowest BCUT2D eigenvalue weighted by Gasteiger charge is -2.27. The van der Waals surface area contributed by atoms with Crippen LogP contribution in [0, 0.1) is 0 Å². The fraction of sp³-hybridized carbons (Fsp3) is 0.444. The van der Waals surface area contributed by atoms with Crippen LogP contribution in [0.4, 0.5) is 11.6 Å². The standard InChI is InChI=1S/C9H11ClN2O3S.C9H13N3O3S/c2*10-16(13,14)8-1-2-9(11-7-8)12-3-5-15-6-4-12/h1-2,7H,3-6H2;1-2,7H,3-6H2,(H2,10,13,14). The van der Waals surface area contributed by atoms with E-state index in [1.54, 1.807) is 12.1 Å². The Morgan fingerprint density at radius 2 is 1.16 bits per heavy atom. The van der Waals surface area contributed by atoms with Gasteiger partial charge >= 0.3 is 0 Å². The zero-order chi connectivity index (χ0) is 23.2. The molecule has 32 heavy (non-hydrogen) atoms. The number of morpholine rings is 2. The lowest BCUT2D eigenvalue weighted by atomic mass is 10.4. The molecular weight excluding hydrogens is 482 g/mol. The molecule has 2 aliphatic heterocycles. The number of aromatic nitrogens is 2. The molecule has 2 aromatic heterocycles. The molecule has 0 aliphatic carbocycles. The summed E-state index contributed by atoms with van der Waals surface area (Å²) in [6.07, 6.45) is 2.55. The number of halogens is 1. The number of nitrogens with zero attached hydrogens (tertiary/aromatic N) is 4. The highest BCUT2D eigenvalue weighted by atomic mass is 35.7. The summed E-state index contributed by atoms with van der Waals surface area (Å²) < 4.78 is 54.5. The molecule has 2 fully saturated rings. The Bertz CT molecular complexity index is 996. The molecule has 2 saturated heterocycles. The fourth-order valence-electron chi connectivity index (χ4n) is 3.02. The van der Waals surface area contributed by atoms with Crippen molar-refractivity contribution >= 4 is 41.4 Å². The number of sulfonamides is 1. The van der Waals surface area contributed by atoms with Crippen LogP contribution in [0.5, 0.6) is 0 Å². The first kappa shape index (κ1) is 24.6. The summed E-state index contributed by atoms with van der Waals surface area (Å²) in [5, 5.41) is 4.98. The average molecular weight is 506 g/mol. The molecule has 2 aromatic rings. The lowest BCUT2D eigenvalue weighted by molar-refractivity contribution is 0.122. The number of rotatable bonds is 4. The molecule has 0 spiro atoms. The van der Waals surface area contributed by atoms with Crippen LogP contribution in [-0.4, -0.2) is 79.4 Å². The minimum absolute atomic E-state index is 0.0196. The quantitative estimate of drug-likeness (QED) is 0.580. The molecule has 0 radical (unpaired) electrons. The van der Waals surface area contributed by atoms with E-state index in [0.29, 0.717) is 26.4 Å². The molecule has 2 N–H and O–H groups in total. The molecule has 0 aromatic carbocycles. The molecule has 0 atom stereocenters.